The van der Waals surface area contributed by atoms with Crippen LogP contribution in [0.2, 0.25) is 0 Å². The van der Waals surface area contributed by atoms with Gasteiger partial charge in [-0.2, -0.15) is 0 Å². The van der Waals surface area contributed by atoms with E-state index in [9.17, 15) is 0 Å². The van der Waals surface area contributed by atoms with Gasteiger partial charge < -0.3 is 9.47 Å². The molecule has 1 aromatic rings. The van der Waals surface area contributed by atoms with Gasteiger partial charge >= 0.3 is 0 Å². The molecule has 3 atom stereocenters. The van der Waals surface area contributed by atoms with Crippen molar-refractivity contribution >= 4 is 9.24 Å². The normalized spacial score (nSPS) is 19.6. The molecule has 20 heavy (non-hydrogen) atoms. The molecule has 0 saturated heterocycles. The minimum absolute atomic E-state index is 0.0837. The molecule has 0 aromatic heterocycles. The van der Waals surface area contributed by atoms with Crippen LogP contribution >= 0.6 is 9.24 Å². The topological polar surface area (TPSA) is 18.5 Å². The van der Waals surface area contributed by atoms with Crippen molar-refractivity contribution in [2.45, 2.75) is 57.9 Å². The van der Waals surface area contributed by atoms with E-state index in [2.05, 4.69) is 40.4 Å². The lowest BCUT2D eigenvalue weighted by atomic mass is 9.89. The van der Waals surface area contributed by atoms with Crippen LogP contribution in [0.5, 0.6) is 5.75 Å². The Balaban J connectivity index is 1.99. The lowest BCUT2D eigenvalue weighted by molar-refractivity contribution is -0.119. The van der Waals surface area contributed by atoms with Crippen LogP contribution in [0.1, 0.15) is 57.2 Å². The first-order chi connectivity index (χ1) is 9.70. The standard InChI is InChI=1S/C17H27O2P/c1-3-18-17(15-7-5-4-6-8-15)19-16-11-9-14(10-12-16)13(2)20/h9-13,15,17H,3-8,20H2,1-2H3. The molecule has 0 aliphatic heterocycles. The molecule has 2 rings (SSSR count). The van der Waals surface area contributed by atoms with Crippen molar-refractivity contribution in [3.63, 3.8) is 0 Å². The van der Waals surface area contributed by atoms with Gasteiger partial charge in [-0.25, -0.2) is 0 Å². The molecule has 0 heterocycles. The van der Waals surface area contributed by atoms with Crippen molar-refractivity contribution in [2.75, 3.05) is 6.61 Å². The Morgan fingerprint density at radius 1 is 1.15 bits per heavy atom. The summed E-state index contributed by atoms with van der Waals surface area (Å²) in [4.78, 5) is 0. The molecule has 1 saturated carbocycles. The van der Waals surface area contributed by atoms with E-state index < -0.39 is 0 Å². The van der Waals surface area contributed by atoms with E-state index in [0.29, 0.717) is 18.2 Å². The van der Waals surface area contributed by atoms with E-state index in [-0.39, 0.29) is 6.29 Å². The van der Waals surface area contributed by atoms with Crippen LogP contribution in [0.3, 0.4) is 0 Å². The van der Waals surface area contributed by atoms with Gasteiger partial charge in [0.25, 0.3) is 0 Å². The Labute approximate surface area is 125 Å². The first kappa shape index (κ1) is 15.8. The van der Waals surface area contributed by atoms with E-state index in [1.54, 1.807) is 0 Å². The molecule has 0 radical (unpaired) electrons. The summed E-state index contributed by atoms with van der Waals surface area (Å²) in [6, 6.07) is 8.39. The summed E-state index contributed by atoms with van der Waals surface area (Å²) in [5, 5.41) is 0. The maximum Gasteiger partial charge on any atom is 0.202 e. The molecule has 0 bridgehead atoms. The molecule has 3 unspecified atom stereocenters. The summed E-state index contributed by atoms with van der Waals surface area (Å²) in [6.07, 6.45) is 6.34. The maximum absolute atomic E-state index is 6.10. The predicted molar refractivity (Wildman–Crippen MR) is 87.2 cm³/mol. The van der Waals surface area contributed by atoms with Crippen molar-refractivity contribution in [3.05, 3.63) is 29.8 Å². The van der Waals surface area contributed by atoms with Crippen LogP contribution in [-0.2, 0) is 4.74 Å². The van der Waals surface area contributed by atoms with Crippen molar-refractivity contribution in [1.82, 2.24) is 0 Å². The average Bonchev–Trinajstić information content (AvgIpc) is 2.48. The van der Waals surface area contributed by atoms with Gasteiger partial charge in [0.2, 0.25) is 6.29 Å². The summed E-state index contributed by atoms with van der Waals surface area (Å²) in [5.41, 5.74) is 1.79. The monoisotopic (exact) mass is 294 g/mol. The Hall–Kier alpha value is -0.590. The quantitative estimate of drug-likeness (QED) is 0.546. The average molecular weight is 294 g/mol. The Bertz CT molecular complexity index is 382. The van der Waals surface area contributed by atoms with Crippen molar-refractivity contribution in [2.24, 2.45) is 5.92 Å². The van der Waals surface area contributed by atoms with Gasteiger partial charge in [-0.1, -0.05) is 38.3 Å². The fourth-order valence-corrected chi connectivity index (χ4v) is 3.04. The van der Waals surface area contributed by atoms with Crippen LogP contribution in [0.25, 0.3) is 0 Å². The molecule has 0 spiro atoms. The molecule has 112 valence electrons. The summed E-state index contributed by atoms with van der Waals surface area (Å²) in [7, 11) is 2.82. The number of hydrogen-bond acceptors (Lipinski definition) is 2. The van der Waals surface area contributed by atoms with Crippen LogP contribution in [0.4, 0.5) is 0 Å². The maximum atomic E-state index is 6.10. The molecule has 0 N–H and O–H groups in total. The fraction of sp³-hybridized carbons (Fsp3) is 0.647. The van der Waals surface area contributed by atoms with Gasteiger partial charge in [-0.05, 0) is 43.1 Å². The molecule has 1 fully saturated rings. The SMILES string of the molecule is CCOC(Oc1ccc(C(C)P)cc1)C1CCCCC1. The molecule has 1 aromatic carbocycles. The highest BCUT2D eigenvalue weighted by atomic mass is 31.0. The van der Waals surface area contributed by atoms with E-state index in [0.717, 1.165) is 5.75 Å². The fourth-order valence-electron chi connectivity index (χ4n) is 2.82. The largest absolute Gasteiger partial charge is 0.465 e. The van der Waals surface area contributed by atoms with Crippen LogP contribution in [0.15, 0.2) is 24.3 Å². The third-order valence-corrected chi connectivity index (χ3v) is 4.41. The third-order valence-electron chi connectivity index (χ3n) is 4.02. The zero-order valence-corrected chi connectivity index (χ0v) is 13.8. The van der Waals surface area contributed by atoms with Crippen molar-refractivity contribution in [3.8, 4) is 5.75 Å². The molecular formula is C17H27O2P. The molecule has 2 nitrogen and oxygen atoms in total. The Kier molecular flexibility index (Phi) is 6.32. The van der Waals surface area contributed by atoms with E-state index in [4.69, 9.17) is 9.47 Å². The lowest BCUT2D eigenvalue weighted by Gasteiger charge is -2.30. The second-order valence-corrected chi connectivity index (χ2v) is 6.70. The number of hydrogen-bond donors (Lipinski definition) is 0. The first-order valence-corrected chi connectivity index (χ1v) is 8.51. The minimum atomic E-state index is -0.0837. The highest BCUT2D eigenvalue weighted by Crippen LogP contribution is 2.30. The summed E-state index contributed by atoms with van der Waals surface area (Å²) in [6.45, 7) is 4.92. The van der Waals surface area contributed by atoms with Crippen molar-refractivity contribution in [1.29, 1.82) is 0 Å². The van der Waals surface area contributed by atoms with Crippen LogP contribution < -0.4 is 4.74 Å². The van der Waals surface area contributed by atoms with Gasteiger partial charge in [0, 0.05) is 12.5 Å². The van der Waals surface area contributed by atoms with Gasteiger partial charge in [0.05, 0.1) is 0 Å². The number of benzene rings is 1. The second kappa shape index (κ2) is 8.00. The zero-order chi connectivity index (χ0) is 14.4. The summed E-state index contributed by atoms with van der Waals surface area (Å²) >= 11 is 0. The van der Waals surface area contributed by atoms with Crippen LogP contribution in [0, 0.1) is 5.92 Å². The number of rotatable bonds is 6. The number of ether oxygens (including phenoxy) is 2. The molecule has 3 heteroatoms. The highest BCUT2D eigenvalue weighted by Gasteiger charge is 2.25. The van der Waals surface area contributed by atoms with Crippen LogP contribution in [-0.4, -0.2) is 12.9 Å². The first-order valence-electron chi connectivity index (χ1n) is 7.84. The third kappa shape index (κ3) is 4.46. The van der Waals surface area contributed by atoms with Gasteiger partial charge in [-0.3, -0.25) is 0 Å². The zero-order valence-electron chi connectivity index (χ0n) is 12.7. The lowest BCUT2D eigenvalue weighted by Crippen LogP contribution is -2.31. The Morgan fingerprint density at radius 3 is 2.35 bits per heavy atom. The molecule has 0 amide bonds. The molecular weight excluding hydrogens is 267 g/mol. The summed E-state index contributed by atoms with van der Waals surface area (Å²) < 4.78 is 11.9. The second-order valence-electron chi connectivity index (χ2n) is 5.70. The van der Waals surface area contributed by atoms with E-state index in [1.807, 2.05) is 6.92 Å². The Morgan fingerprint density at radius 2 is 1.80 bits per heavy atom. The van der Waals surface area contributed by atoms with Gasteiger partial charge in [0.15, 0.2) is 0 Å². The minimum Gasteiger partial charge on any atom is -0.465 e. The van der Waals surface area contributed by atoms with Crippen molar-refractivity contribution < 1.29 is 9.47 Å². The van der Waals surface area contributed by atoms with E-state index in [1.165, 1.54) is 37.7 Å². The van der Waals surface area contributed by atoms with Gasteiger partial charge in [-0.15, -0.1) is 9.24 Å². The summed E-state index contributed by atoms with van der Waals surface area (Å²) in [5.74, 6) is 1.47. The smallest absolute Gasteiger partial charge is 0.202 e. The van der Waals surface area contributed by atoms with E-state index >= 15 is 0 Å². The predicted octanol–water partition coefficient (Wildman–Crippen LogP) is 4.94. The molecule has 1 aliphatic rings. The van der Waals surface area contributed by atoms with Gasteiger partial charge in [0.1, 0.15) is 5.75 Å². The molecule has 1 aliphatic carbocycles. The highest BCUT2D eigenvalue weighted by molar-refractivity contribution is 7.17.